The van der Waals surface area contributed by atoms with Crippen molar-refractivity contribution in [3.63, 3.8) is 0 Å². The summed E-state index contributed by atoms with van der Waals surface area (Å²) in [4.78, 5) is 4.92. The van der Waals surface area contributed by atoms with E-state index in [4.69, 9.17) is 4.99 Å². The van der Waals surface area contributed by atoms with E-state index in [1.54, 1.807) is 0 Å². The van der Waals surface area contributed by atoms with Crippen molar-refractivity contribution in [1.29, 1.82) is 10.5 Å². The molecule has 0 aromatic rings. The summed E-state index contributed by atoms with van der Waals surface area (Å²) >= 11 is 0. The molecule has 1 saturated carbocycles. The molecule has 1 unspecified atom stereocenters. The number of hydrogen-bond donors (Lipinski definition) is 2. The van der Waals surface area contributed by atoms with E-state index >= 15 is 0 Å². The van der Waals surface area contributed by atoms with Gasteiger partial charge in [-0.05, 0) is 32.1 Å². The highest BCUT2D eigenvalue weighted by Gasteiger charge is 2.38. The zero-order valence-electron chi connectivity index (χ0n) is 13.7. The molecule has 5 heteroatoms. The minimum absolute atomic E-state index is 0.276. The summed E-state index contributed by atoms with van der Waals surface area (Å²) < 4.78 is 0. The molecule has 0 amide bonds. The molecule has 0 spiro atoms. The molecule has 2 rings (SSSR count). The molecule has 0 saturated heterocycles. The highest BCUT2D eigenvalue weighted by molar-refractivity contribution is 5.95. The van der Waals surface area contributed by atoms with E-state index in [2.05, 4.69) is 43.5 Å². The molecule has 1 aliphatic heterocycles. The Kier molecular flexibility index (Phi) is 5.08. The Balaban J connectivity index is 2.34. The van der Waals surface area contributed by atoms with Crippen LogP contribution in [0.1, 0.15) is 59.3 Å². The van der Waals surface area contributed by atoms with Crippen molar-refractivity contribution < 1.29 is 0 Å². The summed E-state index contributed by atoms with van der Waals surface area (Å²) in [6, 6.07) is 4.48. The van der Waals surface area contributed by atoms with Crippen LogP contribution in [0.25, 0.3) is 0 Å². The molecule has 0 bridgehead atoms. The fraction of sp³-hybridized carbons (Fsp3) is 0.706. The minimum Gasteiger partial charge on any atom is -0.362 e. The Morgan fingerprint density at radius 1 is 1.18 bits per heavy atom. The van der Waals surface area contributed by atoms with Gasteiger partial charge in [0.1, 0.15) is 23.7 Å². The molecule has 1 atom stereocenters. The van der Waals surface area contributed by atoms with E-state index in [-0.39, 0.29) is 5.70 Å². The molecule has 0 radical (unpaired) electrons. The van der Waals surface area contributed by atoms with Gasteiger partial charge < -0.3 is 10.6 Å². The third-order valence-electron chi connectivity index (χ3n) is 4.34. The Morgan fingerprint density at radius 3 is 2.36 bits per heavy atom. The van der Waals surface area contributed by atoms with Gasteiger partial charge in [-0.25, -0.2) is 0 Å². The summed E-state index contributed by atoms with van der Waals surface area (Å²) in [5.74, 6) is 1.27. The molecule has 1 fully saturated rings. The third-order valence-corrected chi connectivity index (χ3v) is 4.34. The Labute approximate surface area is 133 Å². The molecule has 0 aromatic carbocycles. The smallest absolute Gasteiger partial charge is 0.153 e. The lowest BCUT2D eigenvalue weighted by Gasteiger charge is -2.39. The molecule has 0 aromatic heterocycles. The van der Waals surface area contributed by atoms with Crippen molar-refractivity contribution in [3.8, 4) is 12.1 Å². The molecule has 1 aliphatic carbocycles. The van der Waals surface area contributed by atoms with Crippen LogP contribution in [0, 0.1) is 28.6 Å². The highest BCUT2D eigenvalue weighted by atomic mass is 15.2. The number of aliphatic imine (C=N–C) groups is 1. The lowest BCUT2D eigenvalue weighted by molar-refractivity contribution is 0.385. The predicted molar refractivity (Wildman–Crippen MR) is 86.7 cm³/mol. The molecule has 118 valence electrons. The van der Waals surface area contributed by atoms with Crippen LogP contribution in [0.3, 0.4) is 0 Å². The number of rotatable bonds is 3. The fourth-order valence-corrected chi connectivity index (χ4v) is 3.42. The average Bonchev–Trinajstić information content (AvgIpc) is 2.49. The van der Waals surface area contributed by atoms with Crippen LogP contribution >= 0.6 is 0 Å². The van der Waals surface area contributed by atoms with Gasteiger partial charge in [-0.15, -0.1) is 0 Å². The maximum Gasteiger partial charge on any atom is 0.153 e. The van der Waals surface area contributed by atoms with Gasteiger partial charge in [0.25, 0.3) is 0 Å². The first-order valence-electron chi connectivity index (χ1n) is 8.16. The number of amidine groups is 1. The Hall–Kier alpha value is -2.01. The molecule has 1 heterocycles. The van der Waals surface area contributed by atoms with Crippen LogP contribution in [0.2, 0.25) is 0 Å². The maximum atomic E-state index is 9.27. The van der Waals surface area contributed by atoms with Crippen LogP contribution in [0.5, 0.6) is 0 Å². The van der Waals surface area contributed by atoms with Crippen molar-refractivity contribution in [1.82, 2.24) is 10.6 Å². The van der Waals surface area contributed by atoms with Crippen LogP contribution in [-0.4, -0.2) is 17.4 Å². The van der Waals surface area contributed by atoms with Crippen LogP contribution in [0.4, 0.5) is 0 Å². The van der Waals surface area contributed by atoms with Crippen molar-refractivity contribution in [2.75, 3.05) is 0 Å². The lowest BCUT2D eigenvalue weighted by atomic mass is 9.86. The van der Waals surface area contributed by atoms with Gasteiger partial charge in [-0.3, -0.25) is 4.99 Å². The van der Waals surface area contributed by atoms with Crippen LogP contribution < -0.4 is 10.6 Å². The van der Waals surface area contributed by atoms with E-state index in [1.165, 1.54) is 19.3 Å². The lowest BCUT2D eigenvalue weighted by Crippen LogP contribution is -2.59. The first-order valence-corrected chi connectivity index (χ1v) is 8.16. The van der Waals surface area contributed by atoms with E-state index in [1.807, 2.05) is 0 Å². The number of allylic oxidation sites excluding steroid dienone is 2. The quantitative estimate of drug-likeness (QED) is 0.839. The number of nitriles is 2. The van der Waals surface area contributed by atoms with Gasteiger partial charge in [-0.2, -0.15) is 10.5 Å². The van der Waals surface area contributed by atoms with Gasteiger partial charge in [0.15, 0.2) is 5.70 Å². The van der Waals surface area contributed by atoms with Gasteiger partial charge in [-0.1, -0.05) is 33.1 Å². The number of hydrogen-bond acceptors (Lipinski definition) is 4. The molecule has 2 aliphatic rings. The van der Waals surface area contributed by atoms with Gasteiger partial charge in [0, 0.05) is 0 Å². The zero-order chi connectivity index (χ0) is 16.2. The van der Waals surface area contributed by atoms with E-state index in [0.717, 1.165) is 25.1 Å². The third kappa shape index (κ3) is 3.60. The molecular formula is C17H25N5. The Bertz CT molecular complexity index is 555. The number of nitrogens with zero attached hydrogens (tertiary/aromatic N) is 3. The zero-order valence-corrected chi connectivity index (χ0v) is 13.7. The van der Waals surface area contributed by atoms with Crippen molar-refractivity contribution >= 4 is 5.84 Å². The second kappa shape index (κ2) is 6.83. The summed E-state index contributed by atoms with van der Waals surface area (Å²) in [6.07, 6.45) is 6.81. The maximum absolute atomic E-state index is 9.27. The predicted octanol–water partition coefficient (Wildman–Crippen LogP) is 2.97. The highest BCUT2D eigenvalue weighted by Crippen LogP contribution is 2.27. The monoisotopic (exact) mass is 299 g/mol. The summed E-state index contributed by atoms with van der Waals surface area (Å²) in [6.45, 7) is 6.37. The fourth-order valence-electron chi connectivity index (χ4n) is 3.42. The van der Waals surface area contributed by atoms with Crippen molar-refractivity contribution in [3.05, 3.63) is 11.4 Å². The number of nitrogens with one attached hydrogen (secondary N) is 2. The van der Waals surface area contributed by atoms with Crippen molar-refractivity contribution in [2.24, 2.45) is 10.9 Å². The molecule has 2 N–H and O–H groups in total. The first-order chi connectivity index (χ1) is 10.5. The largest absolute Gasteiger partial charge is 0.362 e. The SMILES string of the molecule is CC(C)CC1(C)NC(C#N)=C(C#N)NC1=NC1CCCCC1. The second-order valence-electron chi connectivity index (χ2n) is 6.92. The van der Waals surface area contributed by atoms with Crippen molar-refractivity contribution in [2.45, 2.75) is 70.9 Å². The Morgan fingerprint density at radius 2 is 1.82 bits per heavy atom. The van der Waals surface area contributed by atoms with Gasteiger partial charge >= 0.3 is 0 Å². The van der Waals surface area contributed by atoms with Gasteiger partial charge in [0.2, 0.25) is 0 Å². The molecular weight excluding hydrogens is 274 g/mol. The van der Waals surface area contributed by atoms with Crippen LogP contribution in [-0.2, 0) is 0 Å². The summed E-state index contributed by atoms with van der Waals surface area (Å²) in [7, 11) is 0. The van der Waals surface area contributed by atoms with E-state index in [9.17, 15) is 10.5 Å². The first kappa shape index (κ1) is 16.4. The van der Waals surface area contributed by atoms with E-state index in [0.29, 0.717) is 17.7 Å². The minimum atomic E-state index is -0.420. The summed E-state index contributed by atoms with van der Waals surface area (Å²) in [5.41, 5.74) is 0.170. The topological polar surface area (TPSA) is 84.0 Å². The standard InChI is InChI=1S/C17H25N5/c1-12(2)9-17(3)16(20-13-7-5-4-6-8-13)21-14(10-18)15(11-19)22-17/h12-13,22H,4-9H2,1-3H3,(H,20,21). The molecule has 5 nitrogen and oxygen atoms in total. The normalized spacial score (nSPS) is 28.0. The average molecular weight is 299 g/mol. The second-order valence-corrected chi connectivity index (χ2v) is 6.92. The molecule has 22 heavy (non-hydrogen) atoms. The van der Waals surface area contributed by atoms with E-state index < -0.39 is 5.54 Å². The van der Waals surface area contributed by atoms with Crippen LogP contribution in [0.15, 0.2) is 16.4 Å². The van der Waals surface area contributed by atoms with Gasteiger partial charge in [0.05, 0.1) is 11.6 Å². The summed E-state index contributed by atoms with van der Waals surface area (Å²) in [5, 5.41) is 24.9.